The highest BCUT2D eigenvalue weighted by atomic mass is 32.1. The van der Waals surface area contributed by atoms with Crippen LogP contribution in [0.1, 0.15) is 35.0 Å². The number of carboxylic acids is 1. The van der Waals surface area contributed by atoms with Crippen molar-refractivity contribution < 1.29 is 24.2 Å². The maximum atomic E-state index is 12.8. The van der Waals surface area contributed by atoms with Crippen LogP contribution in [0.4, 0.5) is 16.6 Å². The van der Waals surface area contributed by atoms with Gasteiger partial charge in [-0.15, -0.1) is 0 Å². The SMILES string of the molecule is CC(=O)O.COc1cccc(C(=O)c2sc(Nc3ccc(OCCN4CCCC4)cc3)nc2N)c1. The van der Waals surface area contributed by atoms with E-state index in [1.807, 2.05) is 24.3 Å². The summed E-state index contributed by atoms with van der Waals surface area (Å²) in [5.41, 5.74) is 7.38. The molecule has 9 nitrogen and oxygen atoms in total. The van der Waals surface area contributed by atoms with E-state index in [4.69, 9.17) is 25.1 Å². The number of nitrogens with one attached hydrogen (secondary N) is 1. The molecule has 0 amide bonds. The third kappa shape index (κ3) is 7.97. The molecule has 10 heteroatoms. The number of hydrogen-bond acceptors (Lipinski definition) is 9. The number of thiazole rings is 1. The van der Waals surface area contributed by atoms with E-state index in [1.165, 1.54) is 37.3 Å². The second-order valence-electron chi connectivity index (χ2n) is 7.86. The van der Waals surface area contributed by atoms with Crippen LogP contribution in [-0.2, 0) is 4.79 Å². The van der Waals surface area contributed by atoms with Crippen molar-refractivity contribution >= 4 is 39.7 Å². The van der Waals surface area contributed by atoms with Crippen LogP contribution < -0.4 is 20.5 Å². The van der Waals surface area contributed by atoms with Crippen molar-refractivity contribution in [3.05, 3.63) is 59.0 Å². The number of rotatable bonds is 9. The molecule has 1 fully saturated rings. The second kappa shape index (κ2) is 12.7. The Kier molecular flexibility index (Phi) is 9.45. The number of hydrogen-bond donors (Lipinski definition) is 3. The van der Waals surface area contributed by atoms with Crippen molar-refractivity contribution in [3.63, 3.8) is 0 Å². The summed E-state index contributed by atoms with van der Waals surface area (Å²) in [5, 5.41) is 11.2. The molecule has 0 spiro atoms. The normalized spacial score (nSPS) is 13.0. The molecule has 1 saturated heterocycles. The van der Waals surface area contributed by atoms with Gasteiger partial charge in [0, 0.05) is 24.7 Å². The monoisotopic (exact) mass is 498 g/mol. The first-order valence-corrected chi connectivity index (χ1v) is 12.0. The molecule has 1 aliphatic heterocycles. The number of ketones is 1. The Hall–Kier alpha value is -3.63. The summed E-state index contributed by atoms with van der Waals surface area (Å²) in [5.74, 6) is 0.651. The molecule has 4 rings (SSSR count). The fourth-order valence-electron chi connectivity index (χ4n) is 3.50. The van der Waals surface area contributed by atoms with Gasteiger partial charge in [0.25, 0.3) is 5.97 Å². The Morgan fingerprint density at radius 2 is 1.83 bits per heavy atom. The molecule has 2 aromatic carbocycles. The van der Waals surface area contributed by atoms with E-state index >= 15 is 0 Å². The third-order valence-corrected chi connectivity index (χ3v) is 6.16. The molecule has 186 valence electrons. The Morgan fingerprint density at radius 1 is 1.14 bits per heavy atom. The van der Waals surface area contributed by atoms with Gasteiger partial charge < -0.3 is 25.6 Å². The summed E-state index contributed by atoms with van der Waals surface area (Å²) in [7, 11) is 1.57. The summed E-state index contributed by atoms with van der Waals surface area (Å²) in [6, 6.07) is 14.7. The molecule has 2 heterocycles. The van der Waals surface area contributed by atoms with E-state index in [9.17, 15) is 4.79 Å². The molecule has 0 aliphatic carbocycles. The van der Waals surface area contributed by atoms with E-state index < -0.39 is 5.97 Å². The lowest BCUT2D eigenvalue weighted by Crippen LogP contribution is -2.25. The molecular formula is C25H30N4O5S. The van der Waals surface area contributed by atoms with Crippen LogP contribution in [0.3, 0.4) is 0 Å². The van der Waals surface area contributed by atoms with Gasteiger partial charge in [-0.1, -0.05) is 23.5 Å². The van der Waals surface area contributed by atoms with Crippen molar-refractivity contribution in [3.8, 4) is 11.5 Å². The number of nitrogen functional groups attached to an aromatic ring is 1. The maximum absolute atomic E-state index is 12.8. The lowest BCUT2D eigenvalue weighted by Gasteiger charge is -2.15. The van der Waals surface area contributed by atoms with E-state index in [0.717, 1.165) is 24.9 Å². The summed E-state index contributed by atoms with van der Waals surface area (Å²) in [6.45, 7) is 5.07. The van der Waals surface area contributed by atoms with Gasteiger partial charge in [-0.25, -0.2) is 4.98 Å². The van der Waals surface area contributed by atoms with Crippen LogP contribution in [0.2, 0.25) is 0 Å². The lowest BCUT2D eigenvalue weighted by molar-refractivity contribution is -0.134. The first-order valence-electron chi connectivity index (χ1n) is 11.2. The zero-order valence-corrected chi connectivity index (χ0v) is 20.6. The number of ether oxygens (including phenoxy) is 2. The Labute approximate surface area is 208 Å². The fraction of sp³-hybridized carbons (Fsp3) is 0.320. The highest BCUT2D eigenvalue weighted by Gasteiger charge is 2.18. The van der Waals surface area contributed by atoms with Crippen LogP contribution in [0.15, 0.2) is 48.5 Å². The topological polar surface area (TPSA) is 127 Å². The number of anilines is 3. The zero-order chi connectivity index (χ0) is 25.2. The molecule has 0 radical (unpaired) electrons. The number of carboxylic acid groups (broad SMARTS) is 1. The van der Waals surface area contributed by atoms with Crippen LogP contribution in [0.25, 0.3) is 0 Å². The largest absolute Gasteiger partial charge is 0.497 e. The number of nitrogens with zero attached hydrogens (tertiary/aromatic N) is 2. The number of carbonyl (C=O) groups is 2. The van der Waals surface area contributed by atoms with Gasteiger partial charge in [0.15, 0.2) is 5.13 Å². The molecule has 4 N–H and O–H groups in total. The minimum atomic E-state index is -0.833. The predicted molar refractivity (Wildman–Crippen MR) is 137 cm³/mol. The van der Waals surface area contributed by atoms with E-state index in [1.54, 1.807) is 31.4 Å². The number of aliphatic carboxylic acids is 1. The third-order valence-electron chi connectivity index (χ3n) is 5.17. The Morgan fingerprint density at radius 3 is 2.49 bits per heavy atom. The number of carbonyl (C=O) groups excluding carboxylic acids is 1. The van der Waals surface area contributed by atoms with Gasteiger partial charge >= 0.3 is 0 Å². The summed E-state index contributed by atoms with van der Waals surface area (Å²) in [4.78, 5) is 29.0. The van der Waals surface area contributed by atoms with Crippen molar-refractivity contribution in [1.29, 1.82) is 0 Å². The van der Waals surface area contributed by atoms with Crippen LogP contribution in [0, 0.1) is 0 Å². The molecule has 35 heavy (non-hydrogen) atoms. The second-order valence-corrected chi connectivity index (χ2v) is 8.86. The van der Waals surface area contributed by atoms with Gasteiger partial charge in [0.2, 0.25) is 5.78 Å². The van der Waals surface area contributed by atoms with Crippen molar-refractivity contribution in [2.24, 2.45) is 0 Å². The zero-order valence-electron chi connectivity index (χ0n) is 19.8. The first kappa shape index (κ1) is 26.0. The Balaban J connectivity index is 0.000000795. The summed E-state index contributed by atoms with van der Waals surface area (Å²) in [6.07, 6.45) is 2.57. The van der Waals surface area contributed by atoms with E-state index in [2.05, 4.69) is 15.2 Å². The fourth-order valence-corrected chi connectivity index (χ4v) is 4.37. The molecule has 1 aromatic heterocycles. The minimum Gasteiger partial charge on any atom is -0.497 e. The number of aromatic nitrogens is 1. The number of likely N-dealkylation sites (tertiary alicyclic amines) is 1. The molecule has 0 bridgehead atoms. The predicted octanol–water partition coefficient (Wildman–Crippen LogP) is 4.27. The highest BCUT2D eigenvalue weighted by Crippen LogP contribution is 2.30. The average molecular weight is 499 g/mol. The van der Waals surface area contributed by atoms with Crippen molar-refractivity contribution in [2.75, 3.05) is 44.4 Å². The van der Waals surface area contributed by atoms with Gasteiger partial charge in [0.1, 0.15) is 28.8 Å². The molecule has 0 atom stereocenters. The van der Waals surface area contributed by atoms with Crippen LogP contribution >= 0.6 is 11.3 Å². The summed E-state index contributed by atoms with van der Waals surface area (Å²) < 4.78 is 11.0. The lowest BCUT2D eigenvalue weighted by atomic mass is 10.1. The minimum absolute atomic E-state index is 0.177. The average Bonchev–Trinajstić information content (AvgIpc) is 3.49. The van der Waals surface area contributed by atoms with Gasteiger partial charge in [0.05, 0.1) is 7.11 Å². The standard InChI is InChI=1S/C23H26N4O3S.C2H4O2/c1-29-19-6-4-5-16(15-19)20(28)21-22(24)26-23(31-21)25-17-7-9-18(10-8-17)30-14-13-27-11-2-3-12-27;1-2(3)4/h4-10,15H,2-3,11-14,24H2,1H3,(H,25,26);1H3,(H,3,4). The number of nitrogens with two attached hydrogens (primary N) is 1. The van der Waals surface area contributed by atoms with Gasteiger partial charge in [-0.3, -0.25) is 14.5 Å². The maximum Gasteiger partial charge on any atom is 0.300 e. The summed E-state index contributed by atoms with van der Waals surface area (Å²) >= 11 is 1.23. The Bertz CT molecular complexity index is 1120. The van der Waals surface area contributed by atoms with Gasteiger partial charge in [-0.05, 0) is 62.3 Å². The van der Waals surface area contributed by atoms with E-state index in [-0.39, 0.29) is 11.6 Å². The van der Waals surface area contributed by atoms with Crippen LogP contribution in [0.5, 0.6) is 11.5 Å². The highest BCUT2D eigenvalue weighted by molar-refractivity contribution is 7.18. The number of benzene rings is 2. The molecule has 0 saturated carbocycles. The van der Waals surface area contributed by atoms with Crippen molar-refractivity contribution in [1.82, 2.24) is 9.88 Å². The van der Waals surface area contributed by atoms with E-state index in [0.29, 0.717) is 27.9 Å². The molecule has 1 aliphatic rings. The molecular weight excluding hydrogens is 468 g/mol. The number of methoxy groups -OCH3 is 1. The quantitative estimate of drug-likeness (QED) is 0.371. The van der Waals surface area contributed by atoms with Crippen molar-refractivity contribution in [2.45, 2.75) is 19.8 Å². The first-order chi connectivity index (χ1) is 16.9. The smallest absolute Gasteiger partial charge is 0.300 e. The van der Waals surface area contributed by atoms with Crippen LogP contribution in [-0.4, -0.2) is 60.1 Å². The van der Waals surface area contributed by atoms with Gasteiger partial charge in [-0.2, -0.15) is 0 Å². The molecule has 0 unspecified atom stereocenters. The molecule has 3 aromatic rings.